The molecule has 0 spiro atoms. The molecule has 0 N–H and O–H groups in total. The Kier molecular flexibility index (Phi) is 2.31. The summed E-state index contributed by atoms with van der Waals surface area (Å²) < 4.78 is 0. The van der Waals surface area contributed by atoms with E-state index >= 15 is 0 Å². The molecule has 0 saturated heterocycles. The Morgan fingerprint density at radius 2 is 1.76 bits per heavy atom. The molecular weight excluding hydrogens is 204 g/mol. The quantitative estimate of drug-likeness (QED) is 0.564. The monoisotopic (exact) mass is 226 g/mol. The van der Waals surface area contributed by atoms with Crippen molar-refractivity contribution in [3.8, 4) is 0 Å². The summed E-state index contributed by atoms with van der Waals surface area (Å²) in [7, 11) is 0. The number of hydrogen-bond donors (Lipinski definition) is 0. The van der Waals surface area contributed by atoms with Gasteiger partial charge in [-0.25, -0.2) is 0 Å². The Balaban J connectivity index is 1.82. The molecule has 0 aromatic rings. The third-order valence-electron chi connectivity index (χ3n) is 5.70. The number of allylic oxidation sites excluding steroid dienone is 6. The van der Waals surface area contributed by atoms with Gasteiger partial charge in [0.25, 0.3) is 0 Å². The van der Waals surface area contributed by atoms with Crippen LogP contribution in [-0.4, -0.2) is 0 Å². The molecule has 4 aliphatic rings. The summed E-state index contributed by atoms with van der Waals surface area (Å²) in [4.78, 5) is 0. The maximum Gasteiger partial charge on any atom is 0.00518 e. The first kappa shape index (κ1) is 10.2. The maximum atomic E-state index is 2.50. The van der Waals surface area contributed by atoms with Crippen molar-refractivity contribution in [3.05, 3.63) is 35.5 Å². The van der Waals surface area contributed by atoms with E-state index in [9.17, 15) is 0 Å². The van der Waals surface area contributed by atoms with Crippen LogP contribution in [0.5, 0.6) is 0 Å². The summed E-state index contributed by atoms with van der Waals surface area (Å²) in [6, 6.07) is 0. The van der Waals surface area contributed by atoms with Crippen LogP contribution >= 0.6 is 0 Å². The second kappa shape index (κ2) is 3.86. The normalized spacial score (nSPS) is 43.3. The predicted molar refractivity (Wildman–Crippen MR) is 71.6 cm³/mol. The van der Waals surface area contributed by atoms with E-state index in [1.807, 2.05) is 5.57 Å². The molecule has 0 aromatic heterocycles. The van der Waals surface area contributed by atoms with Crippen molar-refractivity contribution in [2.45, 2.75) is 44.9 Å². The molecule has 0 nitrogen and oxygen atoms in total. The van der Waals surface area contributed by atoms with E-state index in [0.717, 1.165) is 23.7 Å². The van der Waals surface area contributed by atoms with Gasteiger partial charge in [0.15, 0.2) is 0 Å². The van der Waals surface area contributed by atoms with Gasteiger partial charge in [-0.05, 0) is 55.4 Å². The fourth-order valence-corrected chi connectivity index (χ4v) is 5.09. The third kappa shape index (κ3) is 1.42. The van der Waals surface area contributed by atoms with Crippen LogP contribution in [0.1, 0.15) is 44.9 Å². The Morgan fingerprint density at radius 1 is 0.882 bits per heavy atom. The molecule has 0 amide bonds. The number of rotatable bonds is 0. The van der Waals surface area contributed by atoms with Gasteiger partial charge in [0.1, 0.15) is 0 Å². The standard InChI is InChI=1S/C17H22/c1-3-8-14-12(6-1)13-7-2-4-9-15(13)17-11-5-10-16(14)17/h1,3,6,8,12-13,15,17H,2,4-5,7,9-11H2. The zero-order valence-corrected chi connectivity index (χ0v) is 10.6. The summed E-state index contributed by atoms with van der Waals surface area (Å²) in [6.07, 6.45) is 19.8. The van der Waals surface area contributed by atoms with Crippen LogP contribution in [0.25, 0.3) is 0 Å². The summed E-state index contributed by atoms with van der Waals surface area (Å²) >= 11 is 0. The van der Waals surface area contributed by atoms with Gasteiger partial charge in [-0.1, -0.05) is 42.7 Å². The topological polar surface area (TPSA) is 0 Å². The SMILES string of the molecule is C1=CC2=C3CCCC3C3CCCCC3C2C=C1. The van der Waals surface area contributed by atoms with Crippen molar-refractivity contribution < 1.29 is 0 Å². The third-order valence-corrected chi connectivity index (χ3v) is 5.70. The molecule has 4 unspecified atom stereocenters. The molecule has 0 heterocycles. The first-order chi connectivity index (χ1) is 8.45. The van der Waals surface area contributed by atoms with Crippen LogP contribution in [0.3, 0.4) is 0 Å². The van der Waals surface area contributed by atoms with E-state index < -0.39 is 0 Å². The second-order valence-corrected chi connectivity index (χ2v) is 6.36. The first-order valence-electron chi connectivity index (χ1n) is 7.53. The van der Waals surface area contributed by atoms with E-state index in [0.29, 0.717) is 0 Å². The van der Waals surface area contributed by atoms with E-state index in [1.54, 1.807) is 5.57 Å². The molecule has 0 aliphatic heterocycles. The molecular formula is C17H22. The smallest absolute Gasteiger partial charge is 0.00518 e. The Hall–Kier alpha value is -0.780. The van der Waals surface area contributed by atoms with Crippen molar-refractivity contribution in [1.82, 2.24) is 0 Å². The highest BCUT2D eigenvalue weighted by molar-refractivity contribution is 5.42. The average molecular weight is 226 g/mol. The van der Waals surface area contributed by atoms with Crippen LogP contribution in [0.2, 0.25) is 0 Å². The van der Waals surface area contributed by atoms with Crippen molar-refractivity contribution in [3.63, 3.8) is 0 Å². The summed E-state index contributed by atoms with van der Waals surface area (Å²) in [5.74, 6) is 3.77. The first-order valence-corrected chi connectivity index (χ1v) is 7.53. The minimum absolute atomic E-state index is 0.787. The second-order valence-electron chi connectivity index (χ2n) is 6.36. The number of fused-ring (bicyclic) bond motifs is 5. The van der Waals surface area contributed by atoms with Crippen molar-refractivity contribution in [2.24, 2.45) is 23.7 Å². The lowest BCUT2D eigenvalue weighted by Gasteiger charge is -2.46. The lowest BCUT2D eigenvalue weighted by molar-refractivity contribution is 0.140. The number of hydrogen-bond acceptors (Lipinski definition) is 0. The Labute approximate surface area is 104 Å². The fourth-order valence-electron chi connectivity index (χ4n) is 5.09. The van der Waals surface area contributed by atoms with Crippen molar-refractivity contribution in [2.75, 3.05) is 0 Å². The molecule has 0 bridgehead atoms. The summed E-state index contributed by atoms with van der Waals surface area (Å²) in [6.45, 7) is 0. The minimum Gasteiger partial charge on any atom is -0.0767 e. The van der Waals surface area contributed by atoms with Crippen molar-refractivity contribution in [1.29, 1.82) is 0 Å². The van der Waals surface area contributed by atoms with Gasteiger partial charge in [0.2, 0.25) is 0 Å². The molecule has 0 heteroatoms. The zero-order valence-electron chi connectivity index (χ0n) is 10.6. The highest BCUT2D eigenvalue weighted by Crippen LogP contribution is 2.55. The van der Waals surface area contributed by atoms with Gasteiger partial charge in [0.05, 0.1) is 0 Å². The molecule has 4 rings (SSSR count). The molecule has 17 heavy (non-hydrogen) atoms. The summed E-state index contributed by atoms with van der Waals surface area (Å²) in [5.41, 5.74) is 3.59. The molecule has 4 aliphatic carbocycles. The predicted octanol–water partition coefficient (Wildman–Crippen LogP) is 4.65. The molecule has 90 valence electrons. The molecule has 0 aromatic carbocycles. The molecule has 2 saturated carbocycles. The van der Waals surface area contributed by atoms with Gasteiger partial charge >= 0.3 is 0 Å². The average Bonchev–Trinajstić information content (AvgIpc) is 2.89. The largest absolute Gasteiger partial charge is 0.0767 e. The van der Waals surface area contributed by atoms with Gasteiger partial charge < -0.3 is 0 Å². The van der Waals surface area contributed by atoms with Crippen molar-refractivity contribution >= 4 is 0 Å². The lowest BCUT2D eigenvalue weighted by atomic mass is 9.59. The zero-order chi connectivity index (χ0) is 11.2. The Bertz CT molecular complexity index is 410. The van der Waals surface area contributed by atoms with Gasteiger partial charge in [-0.3, -0.25) is 0 Å². The lowest BCUT2D eigenvalue weighted by Crippen LogP contribution is -2.36. The Morgan fingerprint density at radius 3 is 2.71 bits per heavy atom. The highest BCUT2D eigenvalue weighted by Gasteiger charge is 2.44. The van der Waals surface area contributed by atoms with E-state index in [-0.39, 0.29) is 0 Å². The van der Waals surface area contributed by atoms with Crippen LogP contribution in [0, 0.1) is 23.7 Å². The van der Waals surface area contributed by atoms with Gasteiger partial charge in [-0.15, -0.1) is 0 Å². The van der Waals surface area contributed by atoms with Gasteiger partial charge in [-0.2, -0.15) is 0 Å². The van der Waals surface area contributed by atoms with E-state index in [1.165, 1.54) is 44.9 Å². The van der Waals surface area contributed by atoms with Crippen LogP contribution in [0.15, 0.2) is 35.5 Å². The van der Waals surface area contributed by atoms with Crippen LogP contribution in [0.4, 0.5) is 0 Å². The van der Waals surface area contributed by atoms with Gasteiger partial charge in [0, 0.05) is 5.92 Å². The van der Waals surface area contributed by atoms with Crippen LogP contribution < -0.4 is 0 Å². The van der Waals surface area contributed by atoms with Crippen LogP contribution in [-0.2, 0) is 0 Å². The molecule has 4 atom stereocenters. The van der Waals surface area contributed by atoms with E-state index in [4.69, 9.17) is 0 Å². The maximum absolute atomic E-state index is 2.50. The molecule has 2 fully saturated rings. The van der Waals surface area contributed by atoms with E-state index in [2.05, 4.69) is 24.3 Å². The summed E-state index contributed by atoms with van der Waals surface area (Å²) in [5, 5.41) is 0. The fraction of sp³-hybridized carbons (Fsp3) is 0.647. The highest BCUT2D eigenvalue weighted by atomic mass is 14.5. The minimum atomic E-state index is 0.787. The molecule has 0 radical (unpaired) electrons.